The van der Waals surface area contributed by atoms with E-state index in [1.165, 1.54) is 4.90 Å². The number of benzene rings is 4. The molecule has 1 unspecified atom stereocenters. The number of amides is 3. The molecule has 2 N–H and O–H groups in total. The topological polar surface area (TPSA) is 117 Å². The number of aliphatic hydroxyl groups is 1. The molecule has 0 fully saturated rings. The van der Waals surface area contributed by atoms with Crippen molar-refractivity contribution in [3.63, 3.8) is 0 Å². The largest absolute Gasteiger partial charge is 0.484 e. The highest BCUT2D eigenvalue weighted by molar-refractivity contribution is 6.01. The molecule has 0 saturated heterocycles. The second kappa shape index (κ2) is 16.0. The zero-order valence-corrected chi connectivity index (χ0v) is 29.5. The number of nitrogens with one attached hydrogen (secondary N) is 1. The van der Waals surface area contributed by atoms with E-state index < -0.39 is 18.0 Å². The predicted molar refractivity (Wildman–Crippen MR) is 198 cm³/mol. The fraction of sp³-hybridized carbons (Fsp3) is 0.317. The molecule has 0 spiro atoms. The Kier molecular flexibility index (Phi) is 11.1. The van der Waals surface area contributed by atoms with E-state index in [9.17, 15) is 19.5 Å². The lowest BCUT2D eigenvalue weighted by Gasteiger charge is -2.34. The maximum Gasteiger partial charge on any atom is 0.274 e. The molecule has 1 atom stereocenters. The summed E-state index contributed by atoms with van der Waals surface area (Å²) >= 11 is 0. The van der Waals surface area contributed by atoms with Crippen LogP contribution in [0.5, 0.6) is 5.75 Å². The van der Waals surface area contributed by atoms with Crippen molar-refractivity contribution in [2.45, 2.75) is 65.6 Å². The number of fused-ring (bicyclic) bond motifs is 2. The first-order chi connectivity index (χ1) is 24.7. The quantitative estimate of drug-likeness (QED) is 0.139. The van der Waals surface area contributed by atoms with Crippen molar-refractivity contribution < 1.29 is 24.2 Å². The molecule has 0 bridgehead atoms. The minimum atomic E-state index is -1.05. The third kappa shape index (κ3) is 8.13. The van der Waals surface area contributed by atoms with Gasteiger partial charge in [-0.1, -0.05) is 81.3 Å². The van der Waals surface area contributed by atoms with Crippen LogP contribution in [0.2, 0.25) is 0 Å². The number of unbranched alkanes of at least 4 members (excludes halogenated alkanes) is 2. The van der Waals surface area contributed by atoms with E-state index in [1.807, 2.05) is 78.6 Å². The molecular formula is C41H45N5O5. The highest BCUT2D eigenvalue weighted by Crippen LogP contribution is 2.29. The van der Waals surface area contributed by atoms with Gasteiger partial charge in [0.1, 0.15) is 12.0 Å². The first kappa shape index (κ1) is 35.3. The van der Waals surface area contributed by atoms with Crippen molar-refractivity contribution >= 4 is 34.2 Å². The van der Waals surface area contributed by atoms with Crippen molar-refractivity contribution in [2.24, 2.45) is 0 Å². The van der Waals surface area contributed by atoms with Crippen LogP contribution >= 0.6 is 0 Å². The molecule has 2 heterocycles. The zero-order valence-electron chi connectivity index (χ0n) is 29.5. The van der Waals surface area contributed by atoms with Crippen molar-refractivity contribution in [3.8, 4) is 11.4 Å². The Morgan fingerprint density at radius 3 is 2.33 bits per heavy atom. The second-order valence-corrected chi connectivity index (χ2v) is 13.0. The number of carbonyl (C=O) groups excluding carboxylic acids is 3. The molecule has 0 aliphatic carbocycles. The number of aryl methyl sites for hydroxylation is 1. The normalized spacial score (nSPS) is 13.9. The lowest BCUT2D eigenvalue weighted by molar-refractivity contribution is -0.118. The van der Waals surface area contributed by atoms with Gasteiger partial charge < -0.3 is 25.0 Å². The number of aliphatic hydroxyl groups excluding tert-OH is 1. The fourth-order valence-electron chi connectivity index (χ4n) is 6.44. The standard InChI is InChI=1S/C41H45N5O5/c1-4-6-20-44(21-7-5-2)41(50)36-22-28(3)46(43-36)37-19-17-33(42-38(47)27-51-34-18-16-29-12-8-9-13-30(29)23-34)25-35(37)40(49)45-26-32-15-11-10-14-31(32)24-39(45)48/h8-19,22-23,25,39,48H,4-7,20-21,24,26-27H2,1-3H3,(H,42,47). The van der Waals surface area contributed by atoms with Gasteiger partial charge in [0.15, 0.2) is 12.3 Å². The number of nitrogens with zero attached hydrogens (tertiary/aromatic N) is 4. The van der Waals surface area contributed by atoms with Gasteiger partial charge in [-0.3, -0.25) is 14.4 Å². The minimum Gasteiger partial charge on any atom is -0.484 e. The SMILES string of the molecule is CCCCN(CCCC)C(=O)c1cc(C)n(-c2ccc(NC(=O)COc3ccc4ccccc4c3)cc2C(=O)N2Cc3ccccc3CC2O)n1. The minimum absolute atomic E-state index is 0.148. The van der Waals surface area contributed by atoms with Gasteiger partial charge >= 0.3 is 0 Å². The Labute approximate surface area is 298 Å². The average molecular weight is 688 g/mol. The molecule has 10 heteroatoms. The van der Waals surface area contributed by atoms with E-state index in [0.717, 1.165) is 47.6 Å². The van der Waals surface area contributed by atoms with Gasteiger partial charge in [-0.15, -0.1) is 0 Å². The molecule has 0 radical (unpaired) electrons. The fourth-order valence-corrected chi connectivity index (χ4v) is 6.44. The van der Waals surface area contributed by atoms with E-state index in [0.29, 0.717) is 48.0 Å². The summed E-state index contributed by atoms with van der Waals surface area (Å²) in [5.41, 5.74) is 3.95. The van der Waals surface area contributed by atoms with E-state index in [-0.39, 0.29) is 24.6 Å². The van der Waals surface area contributed by atoms with Gasteiger partial charge in [0.2, 0.25) is 0 Å². The van der Waals surface area contributed by atoms with Crippen LogP contribution in [-0.4, -0.2) is 68.3 Å². The third-order valence-corrected chi connectivity index (χ3v) is 9.27. The van der Waals surface area contributed by atoms with E-state index in [1.54, 1.807) is 28.9 Å². The summed E-state index contributed by atoms with van der Waals surface area (Å²) in [6.45, 7) is 7.32. The summed E-state index contributed by atoms with van der Waals surface area (Å²) in [6.07, 6.45) is 2.99. The number of carbonyl (C=O) groups is 3. The number of hydrogen-bond donors (Lipinski definition) is 2. The lowest BCUT2D eigenvalue weighted by atomic mass is 9.97. The maximum absolute atomic E-state index is 14.4. The molecule has 51 heavy (non-hydrogen) atoms. The van der Waals surface area contributed by atoms with Crippen LogP contribution in [0.4, 0.5) is 5.69 Å². The van der Waals surface area contributed by atoms with Gasteiger partial charge in [0.25, 0.3) is 17.7 Å². The van der Waals surface area contributed by atoms with Crippen molar-refractivity contribution in [2.75, 3.05) is 25.0 Å². The number of rotatable bonds is 13. The molecule has 1 aliphatic rings. The Morgan fingerprint density at radius 1 is 0.882 bits per heavy atom. The monoisotopic (exact) mass is 687 g/mol. The summed E-state index contributed by atoms with van der Waals surface area (Å²) in [5, 5.41) is 20.8. The summed E-state index contributed by atoms with van der Waals surface area (Å²) in [7, 11) is 0. The highest BCUT2D eigenvalue weighted by Gasteiger charge is 2.31. The zero-order chi connectivity index (χ0) is 35.9. The molecule has 5 aromatic rings. The highest BCUT2D eigenvalue weighted by atomic mass is 16.5. The lowest BCUT2D eigenvalue weighted by Crippen LogP contribution is -2.44. The molecule has 264 valence electrons. The van der Waals surface area contributed by atoms with Gasteiger partial charge in [-0.2, -0.15) is 5.10 Å². The Balaban J connectivity index is 1.29. The molecule has 3 amide bonds. The van der Waals surface area contributed by atoms with Crippen LogP contribution in [0.15, 0.2) is 91.0 Å². The van der Waals surface area contributed by atoms with Crippen LogP contribution in [-0.2, 0) is 17.8 Å². The summed E-state index contributed by atoms with van der Waals surface area (Å²) < 4.78 is 7.39. The first-order valence-electron chi connectivity index (χ1n) is 17.7. The molecule has 0 saturated carbocycles. The van der Waals surface area contributed by atoms with Gasteiger partial charge in [0.05, 0.1) is 11.3 Å². The van der Waals surface area contributed by atoms with Crippen LogP contribution < -0.4 is 10.1 Å². The summed E-state index contributed by atoms with van der Waals surface area (Å²) in [4.78, 5) is 44.4. The molecule has 1 aliphatic heterocycles. The third-order valence-electron chi connectivity index (χ3n) is 9.27. The number of aromatic nitrogens is 2. The maximum atomic E-state index is 14.4. The number of hydrogen-bond acceptors (Lipinski definition) is 6. The van der Waals surface area contributed by atoms with Crippen LogP contribution in [0.3, 0.4) is 0 Å². The number of ether oxygens (including phenoxy) is 1. The van der Waals surface area contributed by atoms with Gasteiger partial charge in [0, 0.05) is 37.4 Å². The molecule has 4 aromatic carbocycles. The van der Waals surface area contributed by atoms with Crippen molar-refractivity contribution in [1.82, 2.24) is 19.6 Å². The Hall–Kier alpha value is -5.48. The molecule has 10 nitrogen and oxygen atoms in total. The van der Waals surface area contributed by atoms with Crippen LogP contribution in [0.25, 0.3) is 16.5 Å². The summed E-state index contributed by atoms with van der Waals surface area (Å²) in [5.74, 6) is -0.406. The molecule has 1 aromatic heterocycles. The molecular weight excluding hydrogens is 642 g/mol. The van der Waals surface area contributed by atoms with Crippen molar-refractivity contribution in [3.05, 3.63) is 119 Å². The van der Waals surface area contributed by atoms with Crippen LogP contribution in [0.1, 0.15) is 77.2 Å². The predicted octanol–water partition coefficient (Wildman–Crippen LogP) is 6.91. The van der Waals surface area contributed by atoms with E-state index >= 15 is 0 Å². The average Bonchev–Trinajstić information content (AvgIpc) is 3.54. The van der Waals surface area contributed by atoms with Crippen LogP contribution in [0, 0.1) is 6.92 Å². The molecule has 6 rings (SSSR count). The first-order valence-corrected chi connectivity index (χ1v) is 17.7. The Bertz CT molecular complexity index is 2030. The number of anilines is 1. The van der Waals surface area contributed by atoms with E-state index in [2.05, 4.69) is 19.2 Å². The van der Waals surface area contributed by atoms with Crippen molar-refractivity contribution in [1.29, 1.82) is 0 Å². The summed E-state index contributed by atoms with van der Waals surface area (Å²) in [6, 6.07) is 28.0. The van der Waals surface area contributed by atoms with E-state index in [4.69, 9.17) is 9.84 Å². The smallest absolute Gasteiger partial charge is 0.274 e. The second-order valence-electron chi connectivity index (χ2n) is 13.0. The Morgan fingerprint density at radius 2 is 1.59 bits per heavy atom. The van der Waals surface area contributed by atoms with Gasteiger partial charge in [-0.25, -0.2) is 4.68 Å². The van der Waals surface area contributed by atoms with Gasteiger partial charge in [-0.05, 0) is 78.1 Å².